The van der Waals surface area contributed by atoms with E-state index in [0.29, 0.717) is 5.92 Å². The minimum Gasteiger partial charge on any atom is -0.394 e. The van der Waals surface area contributed by atoms with Gasteiger partial charge >= 0.3 is 0 Å². The van der Waals surface area contributed by atoms with Crippen molar-refractivity contribution in [2.75, 3.05) is 13.2 Å². The molecule has 4 nitrogen and oxygen atoms in total. The van der Waals surface area contributed by atoms with Crippen LogP contribution in [0, 0.1) is 5.92 Å². The van der Waals surface area contributed by atoms with E-state index in [1.54, 1.807) is 0 Å². The number of hydrogen-bond donors (Lipinski definition) is 2. The predicted octanol–water partition coefficient (Wildman–Crippen LogP) is 0.877. The maximum atomic E-state index is 12.5. The first kappa shape index (κ1) is 12.8. The summed E-state index contributed by atoms with van der Waals surface area (Å²) in [6.45, 7) is 3.00. The summed E-state index contributed by atoms with van der Waals surface area (Å²) in [6, 6.07) is 0.000146. The van der Waals surface area contributed by atoms with Crippen molar-refractivity contribution in [2.24, 2.45) is 11.7 Å². The van der Waals surface area contributed by atoms with E-state index in [0.717, 1.165) is 38.6 Å². The highest BCUT2D eigenvalue weighted by Gasteiger charge is 2.43. The van der Waals surface area contributed by atoms with E-state index in [1.807, 2.05) is 4.90 Å². The lowest BCUT2D eigenvalue weighted by atomic mass is 9.76. The first-order chi connectivity index (χ1) is 8.07. The average Bonchev–Trinajstić information content (AvgIpc) is 2.75. The second kappa shape index (κ2) is 4.94. The van der Waals surface area contributed by atoms with Crippen LogP contribution in [0.4, 0.5) is 0 Å². The number of amides is 1. The highest BCUT2D eigenvalue weighted by molar-refractivity contribution is 5.86. The minimum atomic E-state index is -0.671. The topological polar surface area (TPSA) is 66.6 Å². The van der Waals surface area contributed by atoms with Crippen molar-refractivity contribution in [3.8, 4) is 0 Å². The molecule has 3 N–H and O–H groups in total. The van der Waals surface area contributed by atoms with Gasteiger partial charge in [-0.15, -0.1) is 0 Å². The monoisotopic (exact) mass is 240 g/mol. The van der Waals surface area contributed by atoms with Crippen LogP contribution >= 0.6 is 0 Å². The Balaban J connectivity index is 2.07. The van der Waals surface area contributed by atoms with Crippen LogP contribution < -0.4 is 5.73 Å². The van der Waals surface area contributed by atoms with Crippen molar-refractivity contribution in [3.05, 3.63) is 0 Å². The van der Waals surface area contributed by atoms with Crippen LogP contribution in [0.2, 0.25) is 0 Å². The Morgan fingerprint density at radius 1 is 1.47 bits per heavy atom. The van der Waals surface area contributed by atoms with Gasteiger partial charge in [0.1, 0.15) is 0 Å². The van der Waals surface area contributed by atoms with Crippen LogP contribution in [0.1, 0.15) is 45.4 Å². The number of rotatable bonds is 2. The highest BCUT2D eigenvalue weighted by Crippen LogP contribution is 2.33. The molecule has 2 rings (SSSR count). The largest absolute Gasteiger partial charge is 0.394 e. The number of nitrogens with two attached hydrogens (primary N) is 1. The Hall–Kier alpha value is -0.610. The van der Waals surface area contributed by atoms with Crippen molar-refractivity contribution < 1.29 is 9.90 Å². The molecule has 1 aliphatic heterocycles. The van der Waals surface area contributed by atoms with Crippen LogP contribution in [0.3, 0.4) is 0 Å². The molecule has 0 spiro atoms. The summed E-state index contributed by atoms with van der Waals surface area (Å²) in [5.74, 6) is 0.605. The van der Waals surface area contributed by atoms with E-state index in [2.05, 4.69) is 6.92 Å². The Bertz CT molecular complexity index is 295. The van der Waals surface area contributed by atoms with Gasteiger partial charge in [-0.1, -0.05) is 19.8 Å². The smallest absolute Gasteiger partial charge is 0.242 e. The normalized spacial score (nSPS) is 38.4. The molecule has 98 valence electrons. The van der Waals surface area contributed by atoms with Crippen molar-refractivity contribution >= 4 is 5.91 Å². The molecule has 4 heteroatoms. The first-order valence-corrected chi connectivity index (χ1v) is 6.77. The first-order valence-electron chi connectivity index (χ1n) is 6.77. The summed E-state index contributed by atoms with van der Waals surface area (Å²) in [6.07, 6.45) is 5.71. The number of carbonyl (C=O) groups excluding carboxylic acids is 1. The maximum absolute atomic E-state index is 12.5. The molecule has 1 saturated heterocycles. The lowest BCUT2D eigenvalue weighted by Gasteiger charge is -2.39. The molecule has 0 bridgehead atoms. The molecule has 1 aliphatic carbocycles. The third-order valence-corrected chi connectivity index (χ3v) is 4.31. The number of carbonyl (C=O) groups is 1. The molecule has 0 aromatic heterocycles. The number of hydrogen-bond acceptors (Lipinski definition) is 3. The van der Waals surface area contributed by atoms with E-state index in [4.69, 9.17) is 5.73 Å². The summed E-state index contributed by atoms with van der Waals surface area (Å²) in [4.78, 5) is 14.3. The lowest BCUT2D eigenvalue weighted by Crippen LogP contribution is -2.58. The van der Waals surface area contributed by atoms with Crippen LogP contribution in [-0.4, -0.2) is 40.6 Å². The fourth-order valence-electron chi connectivity index (χ4n) is 3.37. The van der Waals surface area contributed by atoms with Gasteiger partial charge in [-0.2, -0.15) is 0 Å². The molecule has 2 unspecified atom stereocenters. The summed E-state index contributed by atoms with van der Waals surface area (Å²) in [5, 5.41) is 9.28. The van der Waals surface area contributed by atoms with E-state index in [-0.39, 0.29) is 18.6 Å². The van der Waals surface area contributed by atoms with E-state index in [1.165, 1.54) is 6.42 Å². The predicted molar refractivity (Wildman–Crippen MR) is 66.4 cm³/mol. The second-order valence-electron chi connectivity index (χ2n) is 5.83. The third-order valence-electron chi connectivity index (χ3n) is 4.31. The molecule has 1 heterocycles. The summed E-state index contributed by atoms with van der Waals surface area (Å²) in [5.41, 5.74) is 5.65. The van der Waals surface area contributed by atoms with Gasteiger partial charge in [0, 0.05) is 6.54 Å². The van der Waals surface area contributed by atoms with Gasteiger partial charge in [-0.25, -0.2) is 0 Å². The van der Waals surface area contributed by atoms with Gasteiger partial charge < -0.3 is 15.7 Å². The van der Waals surface area contributed by atoms with Crippen molar-refractivity contribution in [1.29, 1.82) is 0 Å². The summed E-state index contributed by atoms with van der Waals surface area (Å²) in [7, 11) is 0. The number of aliphatic hydroxyl groups is 1. The molecular weight excluding hydrogens is 216 g/mol. The van der Waals surface area contributed by atoms with Crippen LogP contribution in [0.15, 0.2) is 0 Å². The van der Waals surface area contributed by atoms with Gasteiger partial charge in [0.05, 0.1) is 18.2 Å². The number of nitrogens with zero attached hydrogens (tertiary/aromatic N) is 1. The zero-order valence-electron chi connectivity index (χ0n) is 10.7. The van der Waals surface area contributed by atoms with Gasteiger partial charge in [0.25, 0.3) is 0 Å². The minimum absolute atomic E-state index is 0.000146. The zero-order chi connectivity index (χ0) is 12.5. The van der Waals surface area contributed by atoms with Gasteiger partial charge in [-0.3, -0.25) is 4.79 Å². The van der Waals surface area contributed by atoms with Crippen molar-refractivity contribution in [1.82, 2.24) is 4.90 Å². The fourth-order valence-corrected chi connectivity index (χ4v) is 3.37. The molecule has 0 aromatic carbocycles. The maximum Gasteiger partial charge on any atom is 0.242 e. The molecule has 17 heavy (non-hydrogen) atoms. The molecular formula is C13H24N2O2. The molecule has 0 radical (unpaired) electrons. The average molecular weight is 240 g/mol. The highest BCUT2D eigenvalue weighted by atomic mass is 16.3. The molecule has 3 atom stereocenters. The molecule has 2 fully saturated rings. The standard InChI is InChI=1S/C13H24N2O2/c1-10-4-2-6-13(14,8-10)12(17)15-7-3-5-11(15)9-16/h10-11,16H,2-9,14H2,1H3/t10?,11-,13?/m0/s1. The van der Waals surface area contributed by atoms with Crippen molar-refractivity contribution in [3.63, 3.8) is 0 Å². The Labute approximate surface area is 103 Å². The Morgan fingerprint density at radius 3 is 2.88 bits per heavy atom. The number of aliphatic hydroxyl groups excluding tert-OH is 1. The van der Waals surface area contributed by atoms with Gasteiger partial charge in [0.15, 0.2) is 0 Å². The lowest BCUT2D eigenvalue weighted by molar-refractivity contribution is -0.140. The second-order valence-corrected chi connectivity index (χ2v) is 5.83. The molecule has 1 saturated carbocycles. The summed E-state index contributed by atoms with van der Waals surface area (Å²) >= 11 is 0. The van der Waals surface area contributed by atoms with Crippen LogP contribution in [0.25, 0.3) is 0 Å². The van der Waals surface area contributed by atoms with E-state index in [9.17, 15) is 9.90 Å². The Kier molecular flexibility index (Phi) is 3.73. The Morgan fingerprint density at radius 2 is 2.24 bits per heavy atom. The fraction of sp³-hybridized carbons (Fsp3) is 0.923. The van der Waals surface area contributed by atoms with E-state index >= 15 is 0 Å². The number of likely N-dealkylation sites (tertiary alicyclic amines) is 1. The van der Waals surface area contributed by atoms with Crippen molar-refractivity contribution in [2.45, 2.75) is 57.0 Å². The SMILES string of the molecule is CC1CCCC(N)(C(=O)N2CCC[C@H]2CO)C1. The zero-order valence-corrected chi connectivity index (χ0v) is 10.7. The van der Waals surface area contributed by atoms with Crippen LogP contribution in [0.5, 0.6) is 0 Å². The third kappa shape index (κ3) is 2.47. The van der Waals surface area contributed by atoms with Gasteiger partial charge in [-0.05, 0) is 31.6 Å². The van der Waals surface area contributed by atoms with Gasteiger partial charge in [0.2, 0.25) is 5.91 Å². The van der Waals surface area contributed by atoms with E-state index < -0.39 is 5.54 Å². The quantitative estimate of drug-likeness (QED) is 0.753. The summed E-state index contributed by atoms with van der Waals surface area (Å²) < 4.78 is 0. The van der Waals surface area contributed by atoms with Crippen LogP contribution in [-0.2, 0) is 4.79 Å². The molecule has 1 amide bonds. The molecule has 2 aliphatic rings. The molecule has 0 aromatic rings.